The van der Waals surface area contributed by atoms with Gasteiger partial charge in [-0.25, -0.2) is 0 Å². The number of para-hydroxylation sites is 1. The molecule has 1 saturated carbocycles. The van der Waals surface area contributed by atoms with Crippen molar-refractivity contribution in [2.45, 2.75) is 31.6 Å². The van der Waals surface area contributed by atoms with Crippen LogP contribution in [0.2, 0.25) is 0 Å². The molecule has 1 unspecified atom stereocenters. The summed E-state index contributed by atoms with van der Waals surface area (Å²) in [5, 5.41) is 3.44. The molecule has 1 N–H and O–H groups in total. The van der Waals surface area contributed by atoms with Gasteiger partial charge in [0, 0.05) is 43.6 Å². The third-order valence-electron chi connectivity index (χ3n) is 5.32. The van der Waals surface area contributed by atoms with Gasteiger partial charge in [-0.3, -0.25) is 4.99 Å². The van der Waals surface area contributed by atoms with Gasteiger partial charge in [0.05, 0.1) is 20.3 Å². The van der Waals surface area contributed by atoms with Crippen LogP contribution in [0.4, 0.5) is 0 Å². The van der Waals surface area contributed by atoms with Gasteiger partial charge in [-0.05, 0) is 32.3 Å². The van der Waals surface area contributed by atoms with Gasteiger partial charge in [-0.1, -0.05) is 18.2 Å². The number of hydrogen-bond acceptors (Lipinski definition) is 3. The van der Waals surface area contributed by atoms with Crippen LogP contribution < -0.4 is 10.1 Å². The van der Waals surface area contributed by atoms with Crippen molar-refractivity contribution in [1.82, 2.24) is 10.2 Å². The Balaban J connectivity index is 1.70. The zero-order valence-corrected chi connectivity index (χ0v) is 15.8. The van der Waals surface area contributed by atoms with E-state index in [9.17, 15) is 0 Å². The Morgan fingerprint density at radius 2 is 2.20 bits per heavy atom. The number of methoxy groups -OCH3 is 1. The van der Waals surface area contributed by atoms with Crippen LogP contribution in [0, 0.1) is 5.92 Å². The average Bonchev–Trinajstić information content (AvgIpc) is 3.25. The number of nitrogens with one attached hydrogen (secondary N) is 1. The summed E-state index contributed by atoms with van der Waals surface area (Å²) in [7, 11) is 3.88. The first-order valence-electron chi connectivity index (χ1n) is 9.39. The van der Waals surface area contributed by atoms with Crippen LogP contribution in [0.5, 0.6) is 5.75 Å². The van der Waals surface area contributed by atoms with Crippen LogP contribution in [0.25, 0.3) is 0 Å². The highest BCUT2D eigenvalue weighted by atomic mass is 16.5. The Morgan fingerprint density at radius 1 is 1.40 bits per heavy atom. The van der Waals surface area contributed by atoms with Crippen LogP contribution in [0.15, 0.2) is 29.3 Å². The maximum atomic E-state index is 5.57. The third kappa shape index (κ3) is 4.27. The van der Waals surface area contributed by atoms with Crippen LogP contribution in [-0.2, 0) is 10.2 Å². The molecule has 2 fully saturated rings. The summed E-state index contributed by atoms with van der Waals surface area (Å²) < 4.78 is 11.1. The topological polar surface area (TPSA) is 46.1 Å². The second-order valence-corrected chi connectivity index (χ2v) is 7.26. The monoisotopic (exact) mass is 345 g/mol. The first-order valence-corrected chi connectivity index (χ1v) is 9.39. The highest BCUT2D eigenvalue weighted by Gasteiger charge is 2.46. The molecule has 0 spiro atoms. The van der Waals surface area contributed by atoms with Crippen LogP contribution in [-0.4, -0.2) is 57.9 Å². The summed E-state index contributed by atoms with van der Waals surface area (Å²) in [5.74, 6) is 2.59. The van der Waals surface area contributed by atoms with Gasteiger partial charge in [0.15, 0.2) is 5.96 Å². The second kappa shape index (κ2) is 8.09. The van der Waals surface area contributed by atoms with Gasteiger partial charge >= 0.3 is 0 Å². The first kappa shape index (κ1) is 18.1. The van der Waals surface area contributed by atoms with Crippen molar-refractivity contribution in [1.29, 1.82) is 0 Å². The summed E-state index contributed by atoms with van der Waals surface area (Å²) in [5.41, 5.74) is 1.44. The first-order chi connectivity index (χ1) is 12.2. The maximum Gasteiger partial charge on any atom is 0.193 e. The van der Waals surface area contributed by atoms with Gasteiger partial charge in [0.2, 0.25) is 0 Å². The standard InChI is InChI=1S/C20H31N3O2/c1-4-21-19(23(2)13-16-9-12-25-14-16)22-15-20(10-11-20)17-7-5-6-8-18(17)24-3/h5-8,16H,4,9-15H2,1-3H3,(H,21,22). The van der Waals surface area contributed by atoms with E-state index in [1.807, 2.05) is 6.07 Å². The van der Waals surface area contributed by atoms with Crippen LogP contribution in [0.3, 0.4) is 0 Å². The van der Waals surface area contributed by atoms with E-state index in [1.54, 1.807) is 7.11 Å². The fourth-order valence-electron chi connectivity index (χ4n) is 3.64. The van der Waals surface area contributed by atoms with Crippen molar-refractivity contribution in [3.05, 3.63) is 29.8 Å². The van der Waals surface area contributed by atoms with Crippen molar-refractivity contribution >= 4 is 5.96 Å². The molecule has 5 heteroatoms. The zero-order chi connectivity index (χ0) is 17.7. The predicted molar refractivity (Wildman–Crippen MR) is 101 cm³/mol. The highest BCUT2D eigenvalue weighted by Crippen LogP contribution is 2.51. The predicted octanol–water partition coefficient (Wildman–Crippen LogP) is 2.66. The normalized spacial score (nSPS) is 21.9. The minimum atomic E-state index is 0.143. The van der Waals surface area contributed by atoms with E-state index < -0.39 is 0 Å². The second-order valence-electron chi connectivity index (χ2n) is 7.26. The van der Waals surface area contributed by atoms with E-state index in [-0.39, 0.29) is 5.41 Å². The van der Waals surface area contributed by atoms with E-state index in [0.29, 0.717) is 5.92 Å². The number of guanidine groups is 1. The Bertz CT molecular complexity index is 592. The number of aliphatic imine (C=N–C) groups is 1. The molecule has 1 aliphatic heterocycles. The SMILES string of the molecule is CCNC(=NCC1(c2ccccc2OC)CC1)N(C)CC1CCOC1. The van der Waals surface area contributed by atoms with E-state index in [4.69, 9.17) is 14.5 Å². The Hall–Kier alpha value is -1.75. The Morgan fingerprint density at radius 3 is 2.84 bits per heavy atom. The lowest BCUT2D eigenvalue weighted by molar-refractivity contribution is 0.181. The Labute approximate surface area is 151 Å². The smallest absolute Gasteiger partial charge is 0.193 e. The number of rotatable bonds is 7. The van der Waals surface area contributed by atoms with Crippen molar-refractivity contribution in [2.24, 2.45) is 10.9 Å². The van der Waals surface area contributed by atoms with Gasteiger partial charge in [-0.2, -0.15) is 0 Å². The largest absolute Gasteiger partial charge is 0.496 e. The van der Waals surface area contributed by atoms with E-state index in [2.05, 4.69) is 42.4 Å². The molecule has 3 rings (SSSR count). The highest BCUT2D eigenvalue weighted by molar-refractivity contribution is 5.79. The van der Waals surface area contributed by atoms with Gasteiger partial charge in [0.25, 0.3) is 0 Å². The molecular formula is C20H31N3O2. The van der Waals surface area contributed by atoms with Gasteiger partial charge in [0.1, 0.15) is 5.75 Å². The summed E-state index contributed by atoms with van der Waals surface area (Å²) in [6.45, 7) is 6.56. The molecule has 5 nitrogen and oxygen atoms in total. The lowest BCUT2D eigenvalue weighted by atomic mass is 9.95. The van der Waals surface area contributed by atoms with E-state index >= 15 is 0 Å². The van der Waals surface area contributed by atoms with Crippen LogP contribution >= 0.6 is 0 Å². The van der Waals surface area contributed by atoms with Crippen molar-refractivity contribution < 1.29 is 9.47 Å². The fraction of sp³-hybridized carbons (Fsp3) is 0.650. The van der Waals surface area contributed by atoms with Crippen molar-refractivity contribution in [3.8, 4) is 5.75 Å². The molecule has 1 aromatic carbocycles. The lowest BCUT2D eigenvalue weighted by Gasteiger charge is -2.25. The summed E-state index contributed by atoms with van der Waals surface area (Å²) >= 11 is 0. The molecule has 0 amide bonds. The van der Waals surface area contributed by atoms with Crippen molar-refractivity contribution in [2.75, 3.05) is 47.0 Å². The molecule has 1 aliphatic carbocycles. The van der Waals surface area contributed by atoms with Crippen LogP contribution in [0.1, 0.15) is 31.7 Å². The molecular weight excluding hydrogens is 314 g/mol. The number of benzene rings is 1. The minimum Gasteiger partial charge on any atom is -0.496 e. The van der Waals surface area contributed by atoms with E-state index in [0.717, 1.165) is 51.0 Å². The lowest BCUT2D eigenvalue weighted by Crippen LogP contribution is -2.42. The number of hydrogen-bond donors (Lipinski definition) is 1. The molecule has 1 aromatic rings. The van der Waals surface area contributed by atoms with Crippen molar-refractivity contribution in [3.63, 3.8) is 0 Å². The van der Waals surface area contributed by atoms with Gasteiger partial charge in [-0.15, -0.1) is 0 Å². The van der Waals surface area contributed by atoms with Gasteiger partial charge < -0.3 is 19.7 Å². The molecule has 0 aromatic heterocycles. The number of ether oxygens (including phenoxy) is 2. The molecule has 2 aliphatic rings. The maximum absolute atomic E-state index is 5.57. The summed E-state index contributed by atoms with van der Waals surface area (Å²) in [6.07, 6.45) is 3.50. The fourth-order valence-corrected chi connectivity index (χ4v) is 3.64. The summed E-state index contributed by atoms with van der Waals surface area (Å²) in [6, 6.07) is 8.37. The molecule has 0 bridgehead atoms. The minimum absolute atomic E-state index is 0.143. The molecule has 1 atom stereocenters. The number of nitrogens with zero attached hydrogens (tertiary/aromatic N) is 2. The summed E-state index contributed by atoms with van der Waals surface area (Å²) in [4.78, 5) is 7.23. The third-order valence-corrected chi connectivity index (χ3v) is 5.32. The quantitative estimate of drug-likeness (QED) is 0.610. The molecule has 1 heterocycles. The Kier molecular flexibility index (Phi) is 5.84. The zero-order valence-electron chi connectivity index (χ0n) is 15.8. The van der Waals surface area contributed by atoms with E-state index in [1.165, 1.54) is 18.4 Å². The molecule has 0 radical (unpaired) electrons. The molecule has 1 saturated heterocycles. The molecule has 25 heavy (non-hydrogen) atoms. The average molecular weight is 345 g/mol. The molecule has 138 valence electrons.